The lowest BCUT2D eigenvalue weighted by atomic mass is 10.0. The normalized spacial score (nSPS) is 15.7. The molecule has 0 bridgehead atoms. The van der Waals surface area contributed by atoms with E-state index in [1.54, 1.807) is 19.1 Å². The highest BCUT2D eigenvalue weighted by atomic mass is 19.1. The Labute approximate surface area is 160 Å². The molecule has 148 valence electrons. The van der Waals surface area contributed by atoms with Gasteiger partial charge in [-0.15, -0.1) is 0 Å². The Morgan fingerprint density at radius 3 is 2.57 bits per heavy atom. The summed E-state index contributed by atoms with van der Waals surface area (Å²) < 4.78 is 40.2. The zero-order valence-electron chi connectivity index (χ0n) is 15.3. The molecule has 28 heavy (non-hydrogen) atoms. The minimum absolute atomic E-state index is 0.0380. The minimum Gasteiger partial charge on any atom is -0.390 e. The summed E-state index contributed by atoms with van der Waals surface area (Å²) in [6.45, 7) is 2.31. The van der Waals surface area contributed by atoms with Crippen molar-refractivity contribution in [3.8, 4) is 0 Å². The summed E-state index contributed by atoms with van der Waals surface area (Å²) in [5, 5.41) is 6.70. The molecule has 0 aliphatic carbocycles. The van der Waals surface area contributed by atoms with Gasteiger partial charge in [0.2, 0.25) is 0 Å². The van der Waals surface area contributed by atoms with Gasteiger partial charge in [-0.05, 0) is 30.7 Å². The Morgan fingerprint density at radius 1 is 1.18 bits per heavy atom. The fourth-order valence-corrected chi connectivity index (χ4v) is 2.92. The van der Waals surface area contributed by atoms with Gasteiger partial charge in [0.05, 0.1) is 18.8 Å². The molecule has 2 aromatic carbocycles. The van der Waals surface area contributed by atoms with E-state index in [1.807, 2.05) is 0 Å². The number of carbonyl (C=O) groups is 1. The van der Waals surface area contributed by atoms with Crippen molar-refractivity contribution in [1.29, 1.82) is 0 Å². The number of oxime groups is 1. The average Bonchev–Trinajstić information content (AvgIpc) is 3.12. The molecule has 0 aromatic heterocycles. The maximum atomic E-state index is 14.0. The highest BCUT2D eigenvalue weighted by Crippen LogP contribution is 2.20. The largest absolute Gasteiger partial charge is 0.390 e. The van der Waals surface area contributed by atoms with Crippen molar-refractivity contribution in [1.82, 2.24) is 10.2 Å². The number of rotatable bonds is 6. The standard InChI is InChI=1S/C20H20F3N3O2/c1-2-24-20(27)26(11-14-5-8-16(22)9-18(14)23)12-17-10-19(25-28-17)13-3-6-15(21)7-4-13/h3-9,17H,2,10-12H2,1H3,(H,24,27). The third-order valence-electron chi connectivity index (χ3n) is 4.33. The summed E-state index contributed by atoms with van der Waals surface area (Å²) in [4.78, 5) is 19.2. The molecule has 1 aliphatic rings. The number of carbonyl (C=O) groups excluding carboxylic acids is 1. The van der Waals surface area contributed by atoms with E-state index in [1.165, 1.54) is 23.1 Å². The fourth-order valence-electron chi connectivity index (χ4n) is 2.92. The number of urea groups is 1. The number of nitrogens with zero attached hydrogens (tertiary/aromatic N) is 2. The van der Waals surface area contributed by atoms with Gasteiger partial charge >= 0.3 is 6.03 Å². The first-order valence-corrected chi connectivity index (χ1v) is 8.91. The van der Waals surface area contributed by atoms with Crippen LogP contribution in [0.5, 0.6) is 0 Å². The first-order chi connectivity index (χ1) is 13.5. The molecule has 1 unspecified atom stereocenters. The van der Waals surface area contributed by atoms with E-state index in [4.69, 9.17) is 4.84 Å². The molecule has 0 radical (unpaired) electrons. The Kier molecular flexibility index (Phi) is 6.18. The molecule has 1 heterocycles. The number of benzene rings is 2. The second-order valence-corrected chi connectivity index (χ2v) is 6.43. The Hall–Kier alpha value is -3.03. The lowest BCUT2D eigenvalue weighted by Gasteiger charge is -2.25. The number of halogens is 3. The second-order valence-electron chi connectivity index (χ2n) is 6.43. The lowest BCUT2D eigenvalue weighted by molar-refractivity contribution is 0.0588. The highest BCUT2D eigenvalue weighted by molar-refractivity contribution is 6.01. The number of nitrogens with one attached hydrogen (secondary N) is 1. The molecule has 1 atom stereocenters. The average molecular weight is 391 g/mol. The summed E-state index contributed by atoms with van der Waals surface area (Å²) in [6.07, 6.45) is -0.000799. The molecular formula is C20H20F3N3O2. The second kappa shape index (κ2) is 8.77. The van der Waals surface area contributed by atoms with Crippen molar-refractivity contribution in [3.63, 3.8) is 0 Å². The maximum Gasteiger partial charge on any atom is 0.317 e. The predicted octanol–water partition coefficient (Wildman–Crippen LogP) is 3.83. The van der Waals surface area contributed by atoms with Crippen LogP contribution < -0.4 is 5.32 Å². The first kappa shape index (κ1) is 19.7. The van der Waals surface area contributed by atoms with Crippen LogP contribution >= 0.6 is 0 Å². The van der Waals surface area contributed by atoms with Crippen LogP contribution in [0.4, 0.5) is 18.0 Å². The quantitative estimate of drug-likeness (QED) is 0.814. The lowest BCUT2D eigenvalue weighted by Crippen LogP contribution is -2.43. The summed E-state index contributed by atoms with van der Waals surface area (Å²) >= 11 is 0. The van der Waals surface area contributed by atoms with Crippen LogP contribution in [-0.4, -0.2) is 35.8 Å². The Bertz CT molecular complexity index is 871. The summed E-state index contributed by atoms with van der Waals surface area (Å²) in [6, 6.07) is 8.75. The van der Waals surface area contributed by atoms with E-state index in [2.05, 4.69) is 10.5 Å². The van der Waals surface area contributed by atoms with Gasteiger partial charge in [0, 0.05) is 24.6 Å². The summed E-state index contributed by atoms with van der Waals surface area (Å²) in [7, 11) is 0. The molecule has 1 N–H and O–H groups in total. The molecule has 8 heteroatoms. The Balaban J connectivity index is 1.68. The topological polar surface area (TPSA) is 53.9 Å². The molecular weight excluding hydrogens is 371 g/mol. The van der Waals surface area contributed by atoms with Crippen molar-refractivity contribution in [2.24, 2.45) is 5.16 Å². The van der Waals surface area contributed by atoms with E-state index in [-0.39, 0.29) is 30.5 Å². The maximum absolute atomic E-state index is 14.0. The van der Waals surface area contributed by atoms with E-state index < -0.39 is 17.7 Å². The molecule has 0 saturated carbocycles. The molecule has 0 saturated heterocycles. The van der Waals surface area contributed by atoms with E-state index >= 15 is 0 Å². The number of amides is 2. The third kappa shape index (κ3) is 4.82. The fraction of sp³-hybridized carbons (Fsp3) is 0.300. The third-order valence-corrected chi connectivity index (χ3v) is 4.33. The summed E-state index contributed by atoms with van der Waals surface area (Å²) in [5.41, 5.74) is 1.58. The van der Waals surface area contributed by atoms with Crippen molar-refractivity contribution < 1.29 is 22.8 Å². The molecule has 0 fully saturated rings. The van der Waals surface area contributed by atoms with Crippen LogP contribution in [0.25, 0.3) is 0 Å². The van der Waals surface area contributed by atoms with Gasteiger partial charge < -0.3 is 15.1 Å². The van der Waals surface area contributed by atoms with E-state index in [0.717, 1.165) is 17.7 Å². The van der Waals surface area contributed by atoms with Gasteiger partial charge in [0.15, 0.2) is 6.10 Å². The van der Waals surface area contributed by atoms with Crippen LogP contribution in [0.3, 0.4) is 0 Å². The molecule has 5 nitrogen and oxygen atoms in total. The highest BCUT2D eigenvalue weighted by Gasteiger charge is 2.27. The van der Waals surface area contributed by atoms with Gasteiger partial charge in [0.25, 0.3) is 0 Å². The minimum atomic E-state index is -0.718. The van der Waals surface area contributed by atoms with E-state index in [0.29, 0.717) is 18.7 Å². The van der Waals surface area contributed by atoms with Gasteiger partial charge in [0.1, 0.15) is 17.5 Å². The zero-order chi connectivity index (χ0) is 20.1. The van der Waals surface area contributed by atoms with Gasteiger partial charge in [-0.2, -0.15) is 0 Å². The molecule has 2 aromatic rings. The molecule has 3 rings (SSSR count). The van der Waals surface area contributed by atoms with Crippen molar-refractivity contribution in [3.05, 3.63) is 71.0 Å². The van der Waals surface area contributed by atoms with E-state index in [9.17, 15) is 18.0 Å². The SMILES string of the molecule is CCNC(=O)N(Cc1ccc(F)cc1F)CC1CC(c2ccc(F)cc2)=NO1. The Morgan fingerprint density at radius 2 is 1.89 bits per heavy atom. The van der Waals surface area contributed by atoms with Crippen molar-refractivity contribution in [2.45, 2.75) is 26.0 Å². The predicted molar refractivity (Wildman–Crippen MR) is 98.3 cm³/mol. The first-order valence-electron chi connectivity index (χ1n) is 8.91. The number of hydrogen-bond acceptors (Lipinski definition) is 3. The van der Waals surface area contributed by atoms with Gasteiger partial charge in [-0.3, -0.25) is 0 Å². The van der Waals surface area contributed by atoms with Gasteiger partial charge in [-0.25, -0.2) is 18.0 Å². The van der Waals surface area contributed by atoms with Gasteiger partial charge in [-0.1, -0.05) is 23.4 Å². The molecule has 0 spiro atoms. The van der Waals surface area contributed by atoms with Crippen molar-refractivity contribution >= 4 is 11.7 Å². The molecule has 1 aliphatic heterocycles. The van der Waals surface area contributed by atoms with Crippen LogP contribution in [0.15, 0.2) is 47.6 Å². The monoisotopic (exact) mass is 391 g/mol. The van der Waals surface area contributed by atoms with Crippen LogP contribution in [-0.2, 0) is 11.4 Å². The summed E-state index contributed by atoms with van der Waals surface area (Å²) in [5.74, 6) is -1.74. The number of hydrogen-bond donors (Lipinski definition) is 1. The van der Waals surface area contributed by atoms with Crippen LogP contribution in [0.2, 0.25) is 0 Å². The molecule has 2 amide bonds. The van der Waals surface area contributed by atoms with Crippen LogP contribution in [0.1, 0.15) is 24.5 Å². The van der Waals surface area contributed by atoms with Crippen molar-refractivity contribution in [2.75, 3.05) is 13.1 Å². The zero-order valence-corrected chi connectivity index (χ0v) is 15.3. The smallest absolute Gasteiger partial charge is 0.317 e. The van der Waals surface area contributed by atoms with Crippen LogP contribution in [0, 0.1) is 17.5 Å².